The summed E-state index contributed by atoms with van der Waals surface area (Å²) in [5.74, 6) is -0.216. The number of nitrogens with two attached hydrogens (primary N) is 1. The van der Waals surface area contributed by atoms with Gasteiger partial charge >= 0.3 is 0 Å². The highest BCUT2D eigenvalue weighted by Crippen LogP contribution is 2.13. The molecule has 4 heteroatoms. The molecule has 1 atom stereocenters. The first-order valence-electron chi connectivity index (χ1n) is 7.02. The normalized spacial score (nSPS) is 12.8. The minimum absolute atomic E-state index is 0.0600. The molecule has 0 bridgehead atoms. The molecule has 0 unspecified atom stereocenters. The highest BCUT2D eigenvalue weighted by Gasteiger charge is 2.22. The van der Waals surface area contributed by atoms with E-state index in [1.54, 1.807) is 0 Å². The lowest BCUT2D eigenvalue weighted by atomic mass is 9.97. The number of carbonyl (C=O) groups is 2. The number of imide groups is 1. The molecule has 0 rings (SSSR count). The molecule has 0 spiro atoms. The maximum atomic E-state index is 11.9. The monoisotopic (exact) mass is 256 g/mol. The predicted octanol–water partition coefficient (Wildman–Crippen LogP) is 2.22. The van der Waals surface area contributed by atoms with Gasteiger partial charge in [-0.05, 0) is 25.2 Å². The van der Waals surface area contributed by atoms with Crippen LogP contribution in [0.25, 0.3) is 0 Å². The molecule has 0 aromatic heterocycles. The molecule has 0 aliphatic rings. The molecule has 3 N–H and O–H groups in total. The van der Waals surface area contributed by atoms with Crippen molar-refractivity contribution in [2.75, 3.05) is 0 Å². The molecule has 0 aliphatic carbocycles. The fourth-order valence-corrected chi connectivity index (χ4v) is 2.03. The van der Waals surface area contributed by atoms with E-state index in [4.69, 9.17) is 5.73 Å². The summed E-state index contributed by atoms with van der Waals surface area (Å²) in [6.07, 6.45) is 4.15. The lowest BCUT2D eigenvalue weighted by Gasteiger charge is -2.17. The zero-order chi connectivity index (χ0) is 14.1. The van der Waals surface area contributed by atoms with Crippen LogP contribution in [0, 0.1) is 11.8 Å². The van der Waals surface area contributed by atoms with Crippen LogP contribution in [0.1, 0.15) is 59.8 Å². The van der Waals surface area contributed by atoms with Crippen molar-refractivity contribution in [1.82, 2.24) is 5.32 Å². The van der Waals surface area contributed by atoms with E-state index in [-0.39, 0.29) is 17.7 Å². The standard InChI is InChI=1S/C14H28N2O2/c1-5-7-11(8-6-2)13(17)16-14(18)12(15)9-10(3)4/h10-12H,5-9,15H2,1-4H3,(H,16,17,18)/t12-/m0/s1. The van der Waals surface area contributed by atoms with Gasteiger partial charge in [0.05, 0.1) is 6.04 Å². The summed E-state index contributed by atoms with van der Waals surface area (Å²) < 4.78 is 0. The van der Waals surface area contributed by atoms with Crippen molar-refractivity contribution in [1.29, 1.82) is 0 Å². The SMILES string of the molecule is CCCC(CCC)C(=O)NC(=O)[C@@H](N)CC(C)C. The number of amides is 2. The fourth-order valence-electron chi connectivity index (χ4n) is 2.03. The molecule has 18 heavy (non-hydrogen) atoms. The summed E-state index contributed by atoms with van der Waals surface area (Å²) >= 11 is 0. The van der Waals surface area contributed by atoms with E-state index in [2.05, 4.69) is 5.32 Å². The summed E-state index contributed by atoms with van der Waals surface area (Å²) in [7, 11) is 0. The molecule has 0 aliphatic heterocycles. The Kier molecular flexibility index (Phi) is 8.63. The maximum Gasteiger partial charge on any atom is 0.243 e. The maximum absolute atomic E-state index is 11.9. The third-order valence-electron chi connectivity index (χ3n) is 2.95. The Hall–Kier alpha value is -0.900. The molecule has 0 fully saturated rings. The van der Waals surface area contributed by atoms with Crippen molar-refractivity contribution in [2.45, 2.75) is 65.8 Å². The Morgan fingerprint density at radius 1 is 1.06 bits per heavy atom. The Bertz CT molecular complexity index is 259. The van der Waals surface area contributed by atoms with Gasteiger partial charge in [-0.3, -0.25) is 14.9 Å². The number of carbonyl (C=O) groups excluding carboxylic acids is 2. The lowest BCUT2D eigenvalue weighted by molar-refractivity contribution is -0.133. The smallest absolute Gasteiger partial charge is 0.243 e. The van der Waals surface area contributed by atoms with E-state index in [1.807, 2.05) is 27.7 Å². The third kappa shape index (κ3) is 6.74. The van der Waals surface area contributed by atoms with Gasteiger partial charge in [0.1, 0.15) is 0 Å². The zero-order valence-electron chi connectivity index (χ0n) is 12.2. The van der Waals surface area contributed by atoms with E-state index in [0.717, 1.165) is 25.7 Å². The van der Waals surface area contributed by atoms with Crippen LogP contribution in [0.3, 0.4) is 0 Å². The van der Waals surface area contributed by atoms with Gasteiger partial charge in [-0.25, -0.2) is 0 Å². The Labute approximate surface area is 111 Å². The molecular weight excluding hydrogens is 228 g/mol. The summed E-state index contributed by atoms with van der Waals surface area (Å²) in [5, 5.41) is 2.45. The summed E-state index contributed by atoms with van der Waals surface area (Å²) in [6.45, 7) is 8.10. The second-order valence-corrected chi connectivity index (χ2v) is 5.36. The van der Waals surface area contributed by atoms with E-state index >= 15 is 0 Å². The van der Waals surface area contributed by atoms with Gasteiger partial charge < -0.3 is 5.73 Å². The van der Waals surface area contributed by atoms with Crippen molar-refractivity contribution in [3.8, 4) is 0 Å². The van der Waals surface area contributed by atoms with Crippen LogP contribution in [-0.2, 0) is 9.59 Å². The van der Waals surface area contributed by atoms with E-state index in [9.17, 15) is 9.59 Å². The number of nitrogens with one attached hydrogen (secondary N) is 1. The molecule has 4 nitrogen and oxygen atoms in total. The molecule has 0 aromatic rings. The molecule has 0 saturated carbocycles. The van der Waals surface area contributed by atoms with Crippen LogP contribution in [0.2, 0.25) is 0 Å². The van der Waals surface area contributed by atoms with Gasteiger partial charge in [-0.2, -0.15) is 0 Å². The second-order valence-electron chi connectivity index (χ2n) is 5.36. The van der Waals surface area contributed by atoms with Crippen LogP contribution in [-0.4, -0.2) is 17.9 Å². The quantitative estimate of drug-likeness (QED) is 0.699. The average Bonchev–Trinajstić information content (AvgIpc) is 2.27. The number of hydrogen-bond acceptors (Lipinski definition) is 3. The number of rotatable bonds is 8. The molecule has 0 heterocycles. The highest BCUT2D eigenvalue weighted by atomic mass is 16.2. The Balaban J connectivity index is 4.30. The molecule has 0 radical (unpaired) electrons. The van der Waals surface area contributed by atoms with Crippen LogP contribution in [0.15, 0.2) is 0 Å². The molecule has 2 amide bonds. The van der Waals surface area contributed by atoms with Gasteiger partial charge in [0.25, 0.3) is 0 Å². The van der Waals surface area contributed by atoms with Gasteiger partial charge in [0, 0.05) is 5.92 Å². The van der Waals surface area contributed by atoms with Crippen LogP contribution >= 0.6 is 0 Å². The van der Waals surface area contributed by atoms with Crippen molar-refractivity contribution in [2.24, 2.45) is 17.6 Å². The number of hydrogen-bond donors (Lipinski definition) is 2. The molecular formula is C14H28N2O2. The molecule has 0 saturated heterocycles. The first-order valence-corrected chi connectivity index (χ1v) is 7.02. The highest BCUT2D eigenvalue weighted by molar-refractivity contribution is 5.98. The summed E-state index contributed by atoms with van der Waals surface area (Å²) in [6, 6.07) is -0.585. The minimum Gasteiger partial charge on any atom is -0.320 e. The summed E-state index contributed by atoms with van der Waals surface area (Å²) in [5.41, 5.74) is 5.75. The van der Waals surface area contributed by atoms with Crippen LogP contribution in [0.4, 0.5) is 0 Å². The second kappa shape index (κ2) is 9.09. The predicted molar refractivity (Wildman–Crippen MR) is 73.9 cm³/mol. The Morgan fingerprint density at radius 2 is 1.56 bits per heavy atom. The van der Waals surface area contributed by atoms with Crippen LogP contribution < -0.4 is 11.1 Å². The first-order chi connectivity index (χ1) is 8.42. The zero-order valence-corrected chi connectivity index (χ0v) is 12.2. The lowest BCUT2D eigenvalue weighted by Crippen LogP contribution is -2.46. The van der Waals surface area contributed by atoms with E-state index in [0.29, 0.717) is 12.3 Å². The van der Waals surface area contributed by atoms with E-state index in [1.165, 1.54) is 0 Å². The first kappa shape index (κ1) is 17.1. The fraction of sp³-hybridized carbons (Fsp3) is 0.857. The van der Waals surface area contributed by atoms with Crippen LogP contribution in [0.5, 0.6) is 0 Å². The van der Waals surface area contributed by atoms with Crippen molar-refractivity contribution in [3.63, 3.8) is 0 Å². The molecule has 0 aromatic carbocycles. The van der Waals surface area contributed by atoms with Gasteiger partial charge in [-0.1, -0.05) is 40.5 Å². The minimum atomic E-state index is -0.585. The largest absolute Gasteiger partial charge is 0.320 e. The van der Waals surface area contributed by atoms with Crippen molar-refractivity contribution in [3.05, 3.63) is 0 Å². The van der Waals surface area contributed by atoms with Gasteiger partial charge in [-0.15, -0.1) is 0 Å². The summed E-state index contributed by atoms with van der Waals surface area (Å²) in [4.78, 5) is 23.7. The van der Waals surface area contributed by atoms with Crippen molar-refractivity contribution >= 4 is 11.8 Å². The Morgan fingerprint density at radius 3 is 1.94 bits per heavy atom. The van der Waals surface area contributed by atoms with Crippen molar-refractivity contribution < 1.29 is 9.59 Å². The molecule has 106 valence electrons. The topological polar surface area (TPSA) is 72.2 Å². The van der Waals surface area contributed by atoms with Gasteiger partial charge in [0.15, 0.2) is 0 Å². The average molecular weight is 256 g/mol. The third-order valence-corrected chi connectivity index (χ3v) is 2.95. The van der Waals surface area contributed by atoms with E-state index < -0.39 is 6.04 Å². The van der Waals surface area contributed by atoms with Gasteiger partial charge in [0.2, 0.25) is 11.8 Å².